The fraction of sp³-hybridized carbons (Fsp3) is 0.150. The summed E-state index contributed by atoms with van der Waals surface area (Å²) >= 11 is 0. The summed E-state index contributed by atoms with van der Waals surface area (Å²) in [5, 5.41) is 6.93. The van der Waals surface area contributed by atoms with E-state index in [1.165, 1.54) is 0 Å². The monoisotopic (exact) mass is 348 g/mol. The lowest BCUT2D eigenvalue weighted by atomic mass is 10.1. The molecule has 132 valence electrons. The molecule has 3 rings (SSSR count). The van der Waals surface area contributed by atoms with Gasteiger partial charge in [-0.25, -0.2) is 0 Å². The van der Waals surface area contributed by atoms with E-state index in [0.29, 0.717) is 23.4 Å². The first-order chi connectivity index (χ1) is 12.5. The number of rotatable bonds is 5. The Kier molecular flexibility index (Phi) is 5.12. The van der Waals surface area contributed by atoms with Crippen molar-refractivity contribution in [3.05, 3.63) is 83.7 Å². The van der Waals surface area contributed by atoms with E-state index in [9.17, 15) is 9.59 Å². The molecule has 3 aromatic rings. The van der Waals surface area contributed by atoms with Crippen LogP contribution in [0, 0.1) is 0 Å². The van der Waals surface area contributed by atoms with Gasteiger partial charge in [-0.1, -0.05) is 18.2 Å². The van der Waals surface area contributed by atoms with Gasteiger partial charge in [0.2, 0.25) is 0 Å². The van der Waals surface area contributed by atoms with Crippen molar-refractivity contribution in [1.29, 1.82) is 0 Å². The first kappa shape index (κ1) is 17.4. The molecule has 1 N–H and O–H groups in total. The quantitative estimate of drug-likeness (QED) is 0.771. The topological polar surface area (TPSA) is 67.2 Å². The van der Waals surface area contributed by atoms with Crippen LogP contribution < -0.4 is 5.32 Å². The Hall–Kier alpha value is -3.41. The molecule has 0 atom stereocenters. The van der Waals surface area contributed by atoms with Crippen LogP contribution in [0.4, 0.5) is 5.69 Å². The zero-order chi connectivity index (χ0) is 18.5. The van der Waals surface area contributed by atoms with Crippen molar-refractivity contribution in [3.8, 4) is 0 Å². The number of nitrogens with zero attached hydrogens (tertiary/aromatic N) is 3. The van der Waals surface area contributed by atoms with Crippen LogP contribution >= 0.6 is 0 Å². The number of carbonyl (C=O) groups is 2. The van der Waals surface area contributed by atoms with E-state index in [2.05, 4.69) is 10.4 Å². The molecule has 2 aromatic carbocycles. The molecule has 0 spiro atoms. The summed E-state index contributed by atoms with van der Waals surface area (Å²) in [6.07, 6.45) is 3.62. The van der Waals surface area contributed by atoms with Crippen LogP contribution in [0.5, 0.6) is 0 Å². The van der Waals surface area contributed by atoms with Crippen molar-refractivity contribution in [2.45, 2.75) is 6.54 Å². The molecule has 1 heterocycles. The summed E-state index contributed by atoms with van der Waals surface area (Å²) in [5.41, 5.74) is 2.76. The third-order valence-corrected chi connectivity index (χ3v) is 3.95. The van der Waals surface area contributed by atoms with Gasteiger partial charge in [0.25, 0.3) is 11.8 Å². The van der Waals surface area contributed by atoms with Crippen LogP contribution in [-0.4, -0.2) is 33.5 Å². The van der Waals surface area contributed by atoms with Crippen molar-refractivity contribution in [2.75, 3.05) is 12.4 Å². The van der Waals surface area contributed by atoms with Crippen LogP contribution in [0.2, 0.25) is 0 Å². The highest BCUT2D eigenvalue weighted by Gasteiger charge is 2.13. The Balaban J connectivity index is 1.63. The standard InChI is InChI=1S/C20H20N4O2/c1-23(13-15-12-21-24(2)14-15)20(26)17-8-10-18(11-9-17)22-19(25)16-6-4-3-5-7-16/h3-12,14H,13H2,1-2H3,(H,22,25). The second-order valence-corrected chi connectivity index (χ2v) is 6.08. The first-order valence-electron chi connectivity index (χ1n) is 8.22. The summed E-state index contributed by atoms with van der Waals surface area (Å²) in [6.45, 7) is 0.485. The van der Waals surface area contributed by atoms with Gasteiger partial charge in [0, 0.05) is 49.2 Å². The minimum atomic E-state index is -0.182. The predicted octanol–water partition coefficient (Wildman–Crippen LogP) is 2.94. The predicted molar refractivity (Wildman–Crippen MR) is 99.8 cm³/mol. The van der Waals surface area contributed by atoms with E-state index in [4.69, 9.17) is 0 Å². The number of benzene rings is 2. The van der Waals surface area contributed by atoms with Gasteiger partial charge in [-0.15, -0.1) is 0 Å². The number of hydrogen-bond acceptors (Lipinski definition) is 3. The number of aryl methyl sites for hydroxylation is 1. The van der Waals surface area contributed by atoms with Crippen LogP contribution in [0.15, 0.2) is 67.0 Å². The highest BCUT2D eigenvalue weighted by atomic mass is 16.2. The molecule has 0 aliphatic heterocycles. The van der Waals surface area contributed by atoms with Crippen LogP contribution in [0.25, 0.3) is 0 Å². The lowest BCUT2D eigenvalue weighted by Gasteiger charge is -2.16. The zero-order valence-electron chi connectivity index (χ0n) is 14.7. The molecular formula is C20H20N4O2. The molecule has 26 heavy (non-hydrogen) atoms. The van der Waals surface area contributed by atoms with E-state index in [1.54, 1.807) is 59.2 Å². The van der Waals surface area contributed by atoms with Crippen molar-refractivity contribution in [1.82, 2.24) is 14.7 Å². The van der Waals surface area contributed by atoms with Crippen LogP contribution in [0.3, 0.4) is 0 Å². The average molecular weight is 348 g/mol. The fourth-order valence-corrected chi connectivity index (χ4v) is 2.61. The minimum absolute atomic E-state index is 0.0882. The van der Waals surface area contributed by atoms with E-state index < -0.39 is 0 Å². The SMILES string of the molecule is CN(Cc1cnn(C)c1)C(=O)c1ccc(NC(=O)c2ccccc2)cc1. The van der Waals surface area contributed by atoms with Gasteiger partial charge >= 0.3 is 0 Å². The second-order valence-electron chi connectivity index (χ2n) is 6.08. The van der Waals surface area contributed by atoms with E-state index in [0.717, 1.165) is 5.56 Å². The molecule has 0 unspecified atom stereocenters. The molecule has 6 nitrogen and oxygen atoms in total. The molecule has 0 radical (unpaired) electrons. The molecule has 0 fully saturated rings. The second kappa shape index (κ2) is 7.65. The maximum atomic E-state index is 12.5. The number of carbonyl (C=O) groups excluding carboxylic acids is 2. The third-order valence-electron chi connectivity index (χ3n) is 3.95. The normalized spacial score (nSPS) is 10.4. The minimum Gasteiger partial charge on any atom is -0.337 e. The van der Waals surface area contributed by atoms with Crippen LogP contribution in [0.1, 0.15) is 26.3 Å². The molecule has 6 heteroatoms. The van der Waals surface area contributed by atoms with Gasteiger partial charge < -0.3 is 10.2 Å². The highest BCUT2D eigenvalue weighted by molar-refractivity contribution is 6.04. The Morgan fingerprint density at radius 1 is 1.04 bits per heavy atom. The highest BCUT2D eigenvalue weighted by Crippen LogP contribution is 2.14. The average Bonchev–Trinajstić information content (AvgIpc) is 3.07. The summed E-state index contributed by atoms with van der Waals surface area (Å²) in [7, 11) is 3.59. The molecule has 0 saturated carbocycles. The third kappa shape index (κ3) is 4.16. The van der Waals surface area contributed by atoms with Gasteiger partial charge in [0.05, 0.1) is 6.20 Å². The Labute approximate surface area is 152 Å². The Bertz CT molecular complexity index is 901. The van der Waals surface area contributed by atoms with Crippen LogP contribution in [-0.2, 0) is 13.6 Å². The van der Waals surface area contributed by atoms with Gasteiger partial charge in [-0.05, 0) is 36.4 Å². The number of aromatic nitrogens is 2. The van der Waals surface area contributed by atoms with Crippen molar-refractivity contribution >= 4 is 17.5 Å². The number of hydrogen-bond donors (Lipinski definition) is 1. The number of anilines is 1. The summed E-state index contributed by atoms with van der Waals surface area (Å²) in [5.74, 6) is -0.270. The fourth-order valence-electron chi connectivity index (χ4n) is 2.61. The van der Waals surface area contributed by atoms with Gasteiger partial charge in [0.15, 0.2) is 0 Å². The Morgan fingerprint density at radius 3 is 2.35 bits per heavy atom. The van der Waals surface area contributed by atoms with Gasteiger partial charge in [-0.3, -0.25) is 14.3 Å². The summed E-state index contributed by atoms with van der Waals surface area (Å²) in [4.78, 5) is 26.3. The van der Waals surface area contributed by atoms with Crippen molar-refractivity contribution in [2.24, 2.45) is 7.05 Å². The summed E-state index contributed by atoms with van der Waals surface area (Å²) < 4.78 is 1.71. The lowest BCUT2D eigenvalue weighted by Crippen LogP contribution is -2.26. The molecular weight excluding hydrogens is 328 g/mol. The summed E-state index contributed by atoms with van der Waals surface area (Å²) in [6, 6.07) is 15.9. The molecule has 1 aromatic heterocycles. The lowest BCUT2D eigenvalue weighted by molar-refractivity contribution is 0.0785. The van der Waals surface area contributed by atoms with Crippen molar-refractivity contribution in [3.63, 3.8) is 0 Å². The van der Waals surface area contributed by atoms with E-state index >= 15 is 0 Å². The maximum Gasteiger partial charge on any atom is 0.255 e. The number of amides is 2. The zero-order valence-corrected chi connectivity index (χ0v) is 14.7. The van der Waals surface area contributed by atoms with Gasteiger partial charge in [-0.2, -0.15) is 5.10 Å². The van der Waals surface area contributed by atoms with E-state index in [1.807, 2.05) is 31.4 Å². The van der Waals surface area contributed by atoms with Crippen molar-refractivity contribution < 1.29 is 9.59 Å². The maximum absolute atomic E-state index is 12.5. The molecule has 0 aliphatic carbocycles. The smallest absolute Gasteiger partial charge is 0.255 e. The molecule has 0 saturated heterocycles. The largest absolute Gasteiger partial charge is 0.337 e. The first-order valence-corrected chi connectivity index (χ1v) is 8.22. The molecule has 2 amide bonds. The van der Waals surface area contributed by atoms with E-state index in [-0.39, 0.29) is 11.8 Å². The molecule has 0 aliphatic rings. The van der Waals surface area contributed by atoms with Gasteiger partial charge in [0.1, 0.15) is 0 Å². The molecule has 0 bridgehead atoms. The Morgan fingerprint density at radius 2 is 1.73 bits per heavy atom. The number of nitrogens with one attached hydrogen (secondary N) is 1.